The first kappa shape index (κ1) is 21.4. The lowest BCUT2D eigenvalue weighted by molar-refractivity contribution is 0.866. The van der Waals surface area contributed by atoms with Crippen LogP contribution in [0.3, 0.4) is 0 Å². The molecular formula is C34H29N. The van der Waals surface area contributed by atoms with Crippen molar-refractivity contribution in [2.24, 2.45) is 0 Å². The Morgan fingerprint density at radius 1 is 0.514 bits per heavy atom. The predicted molar refractivity (Wildman–Crippen MR) is 149 cm³/mol. The van der Waals surface area contributed by atoms with Crippen molar-refractivity contribution in [2.75, 3.05) is 4.90 Å². The minimum Gasteiger partial charge on any atom is -0.310 e. The molecule has 0 radical (unpaired) electrons. The average Bonchev–Trinajstić information content (AvgIpc) is 3.28. The van der Waals surface area contributed by atoms with Gasteiger partial charge in [0.1, 0.15) is 0 Å². The molecule has 6 rings (SSSR count). The summed E-state index contributed by atoms with van der Waals surface area (Å²) in [5.74, 6) is 0.486. The third-order valence-electron chi connectivity index (χ3n) is 7.07. The second-order valence-corrected chi connectivity index (χ2v) is 9.67. The van der Waals surface area contributed by atoms with Gasteiger partial charge in [0.05, 0.1) is 0 Å². The van der Waals surface area contributed by atoms with Gasteiger partial charge in [-0.05, 0) is 93.7 Å². The van der Waals surface area contributed by atoms with Gasteiger partial charge in [-0.25, -0.2) is 0 Å². The van der Waals surface area contributed by atoms with Crippen LogP contribution in [-0.4, -0.2) is 0 Å². The van der Waals surface area contributed by atoms with Crippen molar-refractivity contribution in [1.29, 1.82) is 0 Å². The van der Waals surface area contributed by atoms with Gasteiger partial charge in [0.15, 0.2) is 0 Å². The topological polar surface area (TPSA) is 3.24 Å². The van der Waals surface area contributed by atoms with E-state index in [1.54, 1.807) is 0 Å². The monoisotopic (exact) mass is 451 g/mol. The highest BCUT2D eigenvalue weighted by atomic mass is 15.1. The fraction of sp³-hybridized carbons (Fsp3) is 0.118. The number of fused-ring (bicyclic) bond motifs is 3. The molecule has 0 heterocycles. The molecule has 0 aliphatic heterocycles. The van der Waals surface area contributed by atoms with E-state index in [1.807, 2.05) is 0 Å². The van der Waals surface area contributed by atoms with Crippen LogP contribution >= 0.6 is 0 Å². The Kier molecular flexibility index (Phi) is 5.47. The maximum absolute atomic E-state index is 2.36. The van der Waals surface area contributed by atoms with E-state index in [2.05, 4.69) is 140 Å². The normalized spacial score (nSPS) is 11.9. The van der Waals surface area contributed by atoms with Crippen molar-refractivity contribution in [3.63, 3.8) is 0 Å². The third kappa shape index (κ3) is 4.04. The fourth-order valence-electron chi connectivity index (χ4n) is 5.15. The Morgan fingerprint density at radius 2 is 1.17 bits per heavy atom. The van der Waals surface area contributed by atoms with Gasteiger partial charge in [-0.2, -0.15) is 0 Å². The summed E-state index contributed by atoms with van der Waals surface area (Å²) in [6.07, 6.45) is 1.03. The van der Waals surface area contributed by atoms with Gasteiger partial charge in [-0.3, -0.25) is 0 Å². The number of hydrogen-bond donors (Lipinski definition) is 0. The van der Waals surface area contributed by atoms with Crippen LogP contribution in [0.1, 0.15) is 36.5 Å². The lowest BCUT2D eigenvalue weighted by Crippen LogP contribution is -2.10. The molecular weight excluding hydrogens is 422 g/mol. The van der Waals surface area contributed by atoms with Crippen molar-refractivity contribution in [3.05, 3.63) is 138 Å². The van der Waals surface area contributed by atoms with Crippen LogP contribution in [0, 0.1) is 0 Å². The van der Waals surface area contributed by atoms with Crippen LogP contribution in [0.25, 0.3) is 22.3 Å². The van der Waals surface area contributed by atoms with E-state index in [-0.39, 0.29) is 0 Å². The van der Waals surface area contributed by atoms with E-state index >= 15 is 0 Å². The molecule has 0 spiro atoms. The van der Waals surface area contributed by atoms with Gasteiger partial charge in [-0.1, -0.05) is 92.7 Å². The van der Waals surface area contributed by atoms with E-state index in [0.717, 1.165) is 17.8 Å². The van der Waals surface area contributed by atoms with Crippen LogP contribution in [-0.2, 0) is 6.42 Å². The predicted octanol–water partition coefficient (Wildman–Crippen LogP) is 9.52. The molecule has 1 heteroatoms. The number of para-hydroxylation sites is 1. The molecule has 5 aromatic carbocycles. The van der Waals surface area contributed by atoms with Crippen LogP contribution in [0.15, 0.2) is 121 Å². The lowest BCUT2D eigenvalue weighted by Gasteiger charge is -2.26. The van der Waals surface area contributed by atoms with Gasteiger partial charge >= 0.3 is 0 Å². The maximum atomic E-state index is 2.36. The first-order valence-corrected chi connectivity index (χ1v) is 12.4. The standard InChI is InChI=1S/C34H29N/c1-24(2)26-10-8-13-32(22-26)35(30-11-4-3-5-12-30)31-19-17-25(18-20-31)27-15-16-29-21-28-9-6-7-14-33(28)34(29)23-27/h3-20,22-24H,21H2,1-2H3. The summed E-state index contributed by atoms with van der Waals surface area (Å²) in [5, 5.41) is 0. The van der Waals surface area contributed by atoms with E-state index in [4.69, 9.17) is 0 Å². The fourth-order valence-corrected chi connectivity index (χ4v) is 5.15. The Hall–Kier alpha value is -4.10. The third-order valence-corrected chi connectivity index (χ3v) is 7.07. The molecule has 0 N–H and O–H groups in total. The summed E-state index contributed by atoms with van der Waals surface area (Å²) in [4.78, 5) is 2.34. The van der Waals surface area contributed by atoms with Crippen molar-refractivity contribution >= 4 is 17.1 Å². The van der Waals surface area contributed by atoms with E-state index in [1.165, 1.54) is 44.6 Å². The highest BCUT2D eigenvalue weighted by Crippen LogP contribution is 2.40. The molecule has 0 fully saturated rings. The van der Waals surface area contributed by atoms with Gasteiger partial charge in [0.2, 0.25) is 0 Å². The molecule has 170 valence electrons. The molecule has 0 atom stereocenters. The molecule has 35 heavy (non-hydrogen) atoms. The Labute approximate surface area is 208 Å². The van der Waals surface area contributed by atoms with Gasteiger partial charge in [-0.15, -0.1) is 0 Å². The zero-order valence-electron chi connectivity index (χ0n) is 20.3. The zero-order valence-corrected chi connectivity index (χ0v) is 20.3. The number of hydrogen-bond acceptors (Lipinski definition) is 1. The average molecular weight is 452 g/mol. The number of rotatable bonds is 5. The van der Waals surface area contributed by atoms with Crippen molar-refractivity contribution in [1.82, 2.24) is 0 Å². The van der Waals surface area contributed by atoms with Gasteiger partial charge < -0.3 is 4.90 Å². The quantitative estimate of drug-likeness (QED) is 0.252. The molecule has 0 aromatic heterocycles. The molecule has 1 aliphatic carbocycles. The number of benzene rings is 5. The van der Waals surface area contributed by atoms with Crippen LogP contribution < -0.4 is 4.90 Å². The minimum absolute atomic E-state index is 0.486. The summed E-state index contributed by atoms with van der Waals surface area (Å²) in [5.41, 5.74) is 13.0. The summed E-state index contributed by atoms with van der Waals surface area (Å²) in [6.45, 7) is 4.49. The molecule has 0 bridgehead atoms. The molecule has 1 nitrogen and oxygen atoms in total. The summed E-state index contributed by atoms with van der Waals surface area (Å²) >= 11 is 0. The highest BCUT2D eigenvalue weighted by molar-refractivity contribution is 5.83. The molecule has 0 saturated heterocycles. The summed E-state index contributed by atoms with van der Waals surface area (Å²) in [6, 6.07) is 44.2. The Morgan fingerprint density at radius 3 is 1.97 bits per heavy atom. The Balaban J connectivity index is 1.38. The molecule has 0 unspecified atom stereocenters. The molecule has 0 amide bonds. The number of anilines is 3. The smallest absolute Gasteiger partial charge is 0.0464 e. The first-order valence-electron chi connectivity index (χ1n) is 12.4. The zero-order chi connectivity index (χ0) is 23.8. The van der Waals surface area contributed by atoms with Gasteiger partial charge in [0.25, 0.3) is 0 Å². The Bertz CT molecular complexity index is 1480. The molecule has 1 aliphatic rings. The van der Waals surface area contributed by atoms with Crippen molar-refractivity contribution in [2.45, 2.75) is 26.2 Å². The maximum Gasteiger partial charge on any atom is 0.0464 e. The van der Waals surface area contributed by atoms with Crippen LogP contribution in [0.5, 0.6) is 0 Å². The SMILES string of the molecule is CC(C)c1cccc(N(c2ccccc2)c2ccc(-c3ccc4c(c3)-c3ccccc3C4)cc2)c1. The number of nitrogens with zero attached hydrogens (tertiary/aromatic N) is 1. The van der Waals surface area contributed by atoms with Crippen LogP contribution in [0.4, 0.5) is 17.1 Å². The summed E-state index contributed by atoms with van der Waals surface area (Å²) < 4.78 is 0. The van der Waals surface area contributed by atoms with E-state index in [9.17, 15) is 0 Å². The highest BCUT2D eigenvalue weighted by Gasteiger charge is 2.18. The first-order chi connectivity index (χ1) is 17.2. The van der Waals surface area contributed by atoms with Crippen molar-refractivity contribution in [3.8, 4) is 22.3 Å². The minimum atomic E-state index is 0.486. The van der Waals surface area contributed by atoms with E-state index in [0.29, 0.717) is 5.92 Å². The van der Waals surface area contributed by atoms with Gasteiger partial charge in [0, 0.05) is 17.1 Å². The van der Waals surface area contributed by atoms with Crippen molar-refractivity contribution < 1.29 is 0 Å². The van der Waals surface area contributed by atoms with Crippen LogP contribution in [0.2, 0.25) is 0 Å². The largest absolute Gasteiger partial charge is 0.310 e. The molecule has 5 aromatic rings. The van der Waals surface area contributed by atoms with E-state index < -0.39 is 0 Å². The lowest BCUT2D eigenvalue weighted by atomic mass is 9.98. The second-order valence-electron chi connectivity index (χ2n) is 9.67. The summed E-state index contributed by atoms with van der Waals surface area (Å²) in [7, 11) is 0. The molecule has 0 saturated carbocycles. The second kappa shape index (κ2) is 8.92.